The molecule has 110 valence electrons. The Morgan fingerprint density at radius 2 is 1.86 bits per heavy atom. The van der Waals surface area contributed by atoms with Gasteiger partial charge < -0.3 is 14.5 Å². The third-order valence-corrected chi connectivity index (χ3v) is 3.55. The molecule has 0 aliphatic heterocycles. The van der Waals surface area contributed by atoms with Gasteiger partial charge in [0, 0.05) is 5.39 Å². The fourth-order valence-electron chi connectivity index (χ4n) is 2.54. The normalized spacial score (nSPS) is 11.3. The Hall–Kier alpha value is -2.00. The topological polar surface area (TPSA) is 34.4 Å². The van der Waals surface area contributed by atoms with Crippen molar-refractivity contribution in [1.29, 1.82) is 0 Å². The van der Waals surface area contributed by atoms with Crippen molar-refractivity contribution >= 4 is 21.9 Å². The Morgan fingerprint density at radius 3 is 2.76 bits per heavy atom. The number of benzene rings is 2. The number of para-hydroxylation sites is 1. The second-order valence-electron chi connectivity index (χ2n) is 5.18. The first-order valence-electron chi connectivity index (χ1n) is 7.64. The standard InChI is InChI=1S/C18H21NO2/c1-2-11-19-12-6-13-20-16-9-5-10-17-18(16)14-7-3-4-8-15(14)21-17/h3-5,7-10,19H,2,6,11-13H2,1H3. The van der Waals surface area contributed by atoms with Crippen molar-refractivity contribution in [3.63, 3.8) is 0 Å². The highest BCUT2D eigenvalue weighted by molar-refractivity contribution is 6.08. The van der Waals surface area contributed by atoms with Crippen LogP contribution in [0, 0.1) is 0 Å². The number of fused-ring (bicyclic) bond motifs is 3. The van der Waals surface area contributed by atoms with Crippen LogP contribution in [0.5, 0.6) is 5.75 Å². The Morgan fingerprint density at radius 1 is 1.00 bits per heavy atom. The van der Waals surface area contributed by atoms with Crippen molar-refractivity contribution in [2.24, 2.45) is 0 Å². The van der Waals surface area contributed by atoms with E-state index in [9.17, 15) is 0 Å². The van der Waals surface area contributed by atoms with Crippen molar-refractivity contribution in [2.75, 3.05) is 19.7 Å². The second kappa shape index (κ2) is 6.64. The van der Waals surface area contributed by atoms with Gasteiger partial charge in [0.25, 0.3) is 0 Å². The van der Waals surface area contributed by atoms with E-state index in [1.807, 2.05) is 36.4 Å². The third kappa shape index (κ3) is 3.03. The zero-order valence-corrected chi connectivity index (χ0v) is 12.4. The Kier molecular flexibility index (Phi) is 4.41. The highest BCUT2D eigenvalue weighted by atomic mass is 16.5. The maximum absolute atomic E-state index is 5.97. The summed E-state index contributed by atoms with van der Waals surface area (Å²) >= 11 is 0. The maximum atomic E-state index is 5.97. The lowest BCUT2D eigenvalue weighted by atomic mass is 10.1. The summed E-state index contributed by atoms with van der Waals surface area (Å²) in [7, 11) is 0. The molecule has 0 atom stereocenters. The van der Waals surface area contributed by atoms with Crippen molar-refractivity contribution in [3.05, 3.63) is 42.5 Å². The molecule has 3 rings (SSSR count). The molecular weight excluding hydrogens is 262 g/mol. The Balaban J connectivity index is 1.76. The lowest BCUT2D eigenvalue weighted by Crippen LogP contribution is -2.18. The first-order valence-corrected chi connectivity index (χ1v) is 7.64. The molecule has 0 bridgehead atoms. The van der Waals surface area contributed by atoms with Gasteiger partial charge in [-0.25, -0.2) is 0 Å². The lowest BCUT2D eigenvalue weighted by molar-refractivity contribution is 0.312. The molecule has 0 aliphatic carbocycles. The van der Waals surface area contributed by atoms with E-state index in [1.165, 1.54) is 6.42 Å². The van der Waals surface area contributed by atoms with Crippen LogP contribution < -0.4 is 10.1 Å². The van der Waals surface area contributed by atoms with E-state index in [-0.39, 0.29) is 0 Å². The summed E-state index contributed by atoms with van der Waals surface area (Å²) in [6.45, 7) is 4.96. The van der Waals surface area contributed by atoms with Crippen molar-refractivity contribution in [2.45, 2.75) is 19.8 Å². The molecule has 1 heterocycles. The van der Waals surface area contributed by atoms with Crippen LogP contribution in [0.15, 0.2) is 46.9 Å². The maximum Gasteiger partial charge on any atom is 0.139 e. The van der Waals surface area contributed by atoms with Crippen LogP contribution in [0.2, 0.25) is 0 Å². The molecule has 0 amide bonds. The van der Waals surface area contributed by atoms with E-state index in [2.05, 4.69) is 18.3 Å². The fourth-order valence-corrected chi connectivity index (χ4v) is 2.54. The van der Waals surface area contributed by atoms with Crippen molar-refractivity contribution in [3.8, 4) is 5.75 Å². The largest absolute Gasteiger partial charge is 0.493 e. The highest BCUT2D eigenvalue weighted by Gasteiger charge is 2.10. The molecule has 3 aromatic rings. The molecule has 0 fully saturated rings. The van der Waals surface area contributed by atoms with Crippen LogP contribution >= 0.6 is 0 Å². The summed E-state index contributed by atoms with van der Waals surface area (Å²) in [5.41, 5.74) is 1.80. The SMILES string of the molecule is CCCNCCCOc1cccc2oc3ccccc3c12. The fraction of sp³-hybridized carbons (Fsp3) is 0.333. The number of hydrogen-bond donors (Lipinski definition) is 1. The molecular formula is C18H21NO2. The predicted octanol–water partition coefficient (Wildman–Crippen LogP) is 4.35. The third-order valence-electron chi connectivity index (χ3n) is 3.55. The van der Waals surface area contributed by atoms with Gasteiger partial charge in [0.05, 0.1) is 12.0 Å². The van der Waals surface area contributed by atoms with Gasteiger partial charge >= 0.3 is 0 Å². The molecule has 2 aromatic carbocycles. The number of hydrogen-bond acceptors (Lipinski definition) is 3. The molecule has 21 heavy (non-hydrogen) atoms. The number of nitrogens with one attached hydrogen (secondary N) is 1. The number of ether oxygens (including phenoxy) is 1. The molecule has 0 saturated carbocycles. The molecule has 0 spiro atoms. The molecule has 1 aromatic heterocycles. The summed E-state index contributed by atoms with van der Waals surface area (Å²) in [6.07, 6.45) is 2.17. The first kappa shape index (κ1) is 14.0. The molecule has 3 heteroatoms. The van der Waals surface area contributed by atoms with Gasteiger partial charge in [-0.05, 0) is 44.1 Å². The monoisotopic (exact) mass is 283 g/mol. The average Bonchev–Trinajstić information content (AvgIpc) is 2.90. The smallest absolute Gasteiger partial charge is 0.139 e. The Bertz CT molecular complexity index is 717. The quantitative estimate of drug-likeness (QED) is 0.654. The molecule has 3 nitrogen and oxygen atoms in total. The summed E-state index contributed by atoms with van der Waals surface area (Å²) < 4.78 is 11.8. The van der Waals surface area contributed by atoms with Crippen LogP contribution in [0.25, 0.3) is 21.9 Å². The Labute approximate surface area is 124 Å². The summed E-state index contributed by atoms with van der Waals surface area (Å²) in [6, 6.07) is 14.1. The van der Waals surface area contributed by atoms with E-state index >= 15 is 0 Å². The van der Waals surface area contributed by atoms with E-state index < -0.39 is 0 Å². The number of rotatable bonds is 7. The van der Waals surface area contributed by atoms with E-state index in [4.69, 9.17) is 9.15 Å². The molecule has 1 N–H and O–H groups in total. The van der Waals surface area contributed by atoms with Crippen LogP contribution in [0.4, 0.5) is 0 Å². The minimum Gasteiger partial charge on any atom is -0.493 e. The van der Waals surface area contributed by atoms with Gasteiger partial charge in [0.1, 0.15) is 16.9 Å². The zero-order valence-electron chi connectivity index (χ0n) is 12.4. The molecule has 0 aliphatic rings. The van der Waals surface area contributed by atoms with Gasteiger partial charge in [-0.1, -0.05) is 31.2 Å². The van der Waals surface area contributed by atoms with E-state index in [0.29, 0.717) is 0 Å². The molecule has 0 saturated heterocycles. The van der Waals surface area contributed by atoms with Gasteiger partial charge in [0.15, 0.2) is 0 Å². The van der Waals surface area contributed by atoms with Crippen molar-refractivity contribution in [1.82, 2.24) is 5.32 Å². The van der Waals surface area contributed by atoms with Crippen LogP contribution in [-0.2, 0) is 0 Å². The van der Waals surface area contributed by atoms with Gasteiger partial charge in [-0.3, -0.25) is 0 Å². The molecule has 0 unspecified atom stereocenters. The summed E-state index contributed by atoms with van der Waals surface area (Å²) in [5.74, 6) is 0.910. The highest BCUT2D eigenvalue weighted by Crippen LogP contribution is 2.35. The van der Waals surface area contributed by atoms with Crippen LogP contribution in [-0.4, -0.2) is 19.7 Å². The average molecular weight is 283 g/mol. The predicted molar refractivity (Wildman–Crippen MR) is 87.0 cm³/mol. The minimum absolute atomic E-state index is 0.718. The zero-order chi connectivity index (χ0) is 14.5. The second-order valence-corrected chi connectivity index (χ2v) is 5.18. The summed E-state index contributed by atoms with van der Waals surface area (Å²) in [4.78, 5) is 0. The van der Waals surface area contributed by atoms with Crippen molar-refractivity contribution < 1.29 is 9.15 Å². The molecule has 0 radical (unpaired) electrons. The van der Waals surface area contributed by atoms with E-state index in [0.717, 1.165) is 53.8 Å². The summed E-state index contributed by atoms with van der Waals surface area (Å²) in [5, 5.41) is 5.58. The minimum atomic E-state index is 0.718. The first-order chi connectivity index (χ1) is 10.4. The lowest BCUT2D eigenvalue weighted by Gasteiger charge is -2.07. The van der Waals surface area contributed by atoms with Crippen LogP contribution in [0.3, 0.4) is 0 Å². The van der Waals surface area contributed by atoms with E-state index in [1.54, 1.807) is 0 Å². The van der Waals surface area contributed by atoms with Gasteiger partial charge in [-0.2, -0.15) is 0 Å². The van der Waals surface area contributed by atoms with Gasteiger partial charge in [0.2, 0.25) is 0 Å². The number of furan rings is 1. The van der Waals surface area contributed by atoms with Crippen LogP contribution in [0.1, 0.15) is 19.8 Å². The van der Waals surface area contributed by atoms with Gasteiger partial charge in [-0.15, -0.1) is 0 Å².